The molecule has 0 unspecified atom stereocenters. The summed E-state index contributed by atoms with van der Waals surface area (Å²) in [5.74, 6) is 0. The van der Waals surface area contributed by atoms with E-state index in [-0.39, 0.29) is 12.7 Å². The van der Waals surface area contributed by atoms with Crippen LogP contribution in [0.5, 0.6) is 0 Å². The van der Waals surface area contributed by atoms with Crippen molar-refractivity contribution in [2.75, 3.05) is 6.61 Å². The Morgan fingerprint density at radius 2 is 2.00 bits per heavy atom. The van der Waals surface area contributed by atoms with Crippen LogP contribution in [0.1, 0.15) is 25.7 Å². The Balaban J connectivity index is 2.95. The van der Waals surface area contributed by atoms with Crippen molar-refractivity contribution in [2.45, 2.75) is 31.8 Å². The van der Waals surface area contributed by atoms with Crippen LogP contribution in [-0.2, 0) is 0 Å². The van der Waals surface area contributed by atoms with Gasteiger partial charge >= 0.3 is 0 Å². The van der Waals surface area contributed by atoms with Crippen LogP contribution in [0.3, 0.4) is 0 Å². The molecule has 0 heterocycles. The molecule has 0 radical (unpaired) electrons. The maximum atomic E-state index is 8.98. The van der Waals surface area contributed by atoms with E-state index in [1.165, 1.54) is 0 Å². The van der Waals surface area contributed by atoms with Crippen LogP contribution >= 0.6 is 0 Å². The summed E-state index contributed by atoms with van der Waals surface area (Å²) in [6, 6.07) is 0. The Labute approximate surface area is 62.2 Å². The molecule has 0 aromatic rings. The van der Waals surface area contributed by atoms with Crippen molar-refractivity contribution in [3.8, 4) is 0 Å². The van der Waals surface area contributed by atoms with Crippen LogP contribution in [0.25, 0.3) is 0 Å². The highest BCUT2D eigenvalue weighted by Gasteiger charge is 1.95. The maximum Gasteiger partial charge on any atom is 0.0718 e. The normalized spacial score (nSPS) is 13.0. The molecule has 0 saturated carbocycles. The molecule has 0 amide bonds. The fraction of sp³-hybridized carbons (Fsp3) is 0.750. The molecule has 10 heavy (non-hydrogen) atoms. The number of rotatable bonds is 6. The second kappa shape index (κ2) is 6.78. The molecule has 2 nitrogen and oxygen atoms in total. The van der Waals surface area contributed by atoms with Gasteiger partial charge in [-0.25, -0.2) is 0 Å². The molecule has 0 fully saturated rings. The van der Waals surface area contributed by atoms with Crippen LogP contribution in [-0.4, -0.2) is 22.9 Å². The van der Waals surface area contributed by atoms with E-state index in [1.807, 2.05) is 0 Å². The smallest absolute Gasteiger partial charge is 0.0718 e. The quantitative estimate of drug-likeness (QED) is 0.432. The molecule has 2 heteroatoms. The van der Waals surface area contributed by atoms with Gasteiger partial charge in [-0.15, -0.1) is 6.58 Å². The Morgan fingerprint density at radius 1 is 1.30 bits per heavy atom. The summed E-state index contributed by atoms with van der Waals surface area (Å²) in [4.78, 5) is 0. The van der Waals surface area contributed by atoms with Gasteiger partial charge in [0.2, 0.25) is 0 Å². The molecular weight excluding hydrogens is 128 g/mol. The minimum Gasteiger partial charge on any atom is -0.396 e. The van der Waals surface area contributed by atoms with Crippen molar-refractivity contribution in [1.82, 2.24) is 0 Å². The Bertz CT molecular complexity index is 81.3. The Morgan fingerprint density at radius 3 is 2.50 bits per heavy atom. The molecule has 0 aromatic carbocycles. The van der Waals surface area contributed by atoms with Crippen LogP contribution < -0.4 is 0 Å². The summed E-state index contributed by atoms with van der Waals surface area (Å²) in [5, 5.41) is 17.4. The highest BCUT2D eigenvalue weighted by molar-refractivity contribution is 4.77. The van der Waals surface area contributed by atoms with Crippen molar-refractivity contribution in [2.24, 2.45) is 0 Å². The predicted molar refractivity (Wildman–Crippen MR) is 41.8 cm³/mol. The lowest BCUT2D eigenvalue weighted by Crippen LogP contribution is -2.00. The molecule has 0 aliphatic rings. The fourth-order valence-electron chi connectivity index (χ4n) is 0.760. The summed E-state index contributed by atoms with van der Waals surface area (Å²) < 4.78 is 0. The number of aliphatic hydroxyl groups is 2. The van der Waals surface area contributed by atoms with Crippen molar-refractivity contribution in [3.05, 3.63) is 12.7 Å². The molecule has 0 bridgehead atoms. The minimum atomic E-state index is -0.362. The molecule has 2 N–H and O–H groups in total. The lowest BCUT2D eigenvalue weighted by molar-refractivity contribution is 0.205. The van der Waals surface area contributed by atoms with Gasteiger partial charge < -0.3 is 10.2 Å². The first-order valence-electron chi connectivity index (χ1n) is 3.72. The zero-order chi connectivity index (χ0) is 7.82. The Hall–Kier alpha value is -0.340. The van der Waals surface area contributed by atoms with Crippen LogP contribution in [0.4, 0.5) is 0 Å². The second-order valence-electron chi connectivity index (χ2n) is 2.38. The topological polar surface area (TPSA) is 40.5 Å². The summed E-state index contributed by atoms with van der Waals surface area (Å²) >= 11 is 0. The van der Waals surface area contributed by atoms with Gasteiger partial charge in [0.05, 0.1) is 6.10 Å². The number of unbranched alkanes of at least 4 members (excludes halogenated alkanes) is 2. The van der Waals surface area contributed by atoms with Crippen LogP contribution in [0.2, 0.25) is 0 Å². The molecular formula is C8H16O2. The SMILES string of the molecule is C=C[C@H](O)CCCCCO. The molecule has 0 aliphatic heterocycles. The summed E-state index contributed by atoms with van der Waals surface area (Å²) in [6.07, 6.45) is 4.74. The first-order valence-corrected chi connectivity index (χ1v) is 3.72. The summed E-state index contributed by atoms with van der Waals surface area (Å²) in [6.45, 7) is 3.71. The minimum absolute atomic E-state index is 0.254. The zero-order valence-corrected chi connectivity index (χ0v) is 6.29. The van der Waals surface area contributed by atoms with Crippen molar-refractivity contribution in [1.29, 1.82) is 0 Å². The Kier molecular flexibility index (Phi) is 6.55. The lowest BCUT2D eigenvalue weighted by Gasteiger charge is -2.02. The lowest BCUT2D eigenvalue weighted by atomic mass is 10.1. The molecule has 0 spiro atoms. The van der Waals surface area contributed by atoms with Crippen LogP contribution in [0.15, 0.2) is 12.7 Å². The van der Waals surface area contributed by atoms with Crippen LogP contribution in [0, 0.1) is 0 Å². The monoisotopic (exact) mass is 144 g/mol. The van der Waals surface area contributed by atoms with E-state index < -0.39 is 0 Å². The van der Waals surface area contributed by atoms with E-state index in [9.17, 15) is 0 Å². The third-order valence-electron chi connectivity index (χ3n) is 1.43. The third kappa shape index (κ3) is 5.79. The van der Waals surface area contributed by atoms with E-state index in [2.05, 4.69) is 6.58 Å². The van der Waals surface area contributed by atoms with Crippen molar-refractivity contribution < 1.29 is 10.2 Å². The zero-order valence-electron chi connectivity index (χ0n) is 6.29. The average Bonchev–Trinajstić information content (AvgIpc) is 1.98. The van der Waals surface area contributed by atoms with Gasteiger partial charge in [0.1, 0.15) is 0 Å². The van der Waals surface area contributed by atoms with Gasteiger partial charge in [-0.2, -0.15) is 0 Å². The van der Waals surface area contributed by atoms with E-state index >= 15 is 0 Å². The van der Waals surface area contributed by atoms with E-state index in [0.717, 1.165) is 25.7 Å². The van der Waals surface area contributed by atoms with Gasteiger partial charge in [0.25, 0.3) is 0 Å². The molecule has 60 valence electrons. The fourth-order valence-corrected chi connectivity index (χ4v) is 0.760. The standard InChI is InChI=1S/C8H16O2/c1-2-8(10)6-4-3-5-7-9/h2,8-10H,1,3-7H2/t8-/m0/s1. The van der Waals surface area contributed by atoms with E-state index in [4.69, 9.17) is 10.2 Å². The third-order valence-corrected chi connectivity index (χ3v) is 1.43. The second-order valence-corrected chi connectivity index (χ2v) is 2.38. The molecule has 0 rings (SSSR count). The maximum absolute atomic E-state index is 8.98. The van der Waals surface area contributed by atoms with Gasteiger partial charge in [-0.05, 0) is 12.8 Å². The van der Waals surface area contributed by atoms with Gasteiger partial charge in [0, 0.05) is 6.61 Å². The number of hydrogen-bond acceptors (Lipinski definition) is 2. The largest absolute Gasteiger partial charge is 0.396 e. The molecule has 1 atom stereocenters. The first kappa shape index (κ1) is 9.66. The number of aliphatic hydroxyl groups excluding tert-OH is 2. The first-order chi connectivity index (χ1) is 4.81. The highest BCUT2D eigenvalue weighted by atomic mass is 16.3. The van der Waals surface area contributed by atoms with E-state index in [0.29, 0.717) is 0 Å². The summed E-state index contributed by atoms with van der Waals surface area (Å²) in [5.41, 5.74) is 0. The average molecular weight is 144 g/mol. The summed E-state index contributed by atoms with van der Waals surface area (Å²) in [7, 11) is 0. The molecule has 0 aromatic heterocycles. The highest BCUT2D eigenvalue weighted by Crippen LogP contribution is 2.03. The van der Waals surface area contributed by atoms with Gasteiger partial charge in [0.15, 0.2) is 0 Å². The van der Waals surface area contributed by atoms with Gasteiger partial charge in [-0.1, -0.05) is 18.9 Å². The number of hydrogen-bond donors (Lipinski definition) is 2. The van der Waals surface area contributed by atoms with Crippen molar-refractivity contribution >= 4 is 0 Å². The van der Waals surface area contributed by atoms with E-state index in [1.54, 1.807) is 6.08 Å². The van der Waals surface area contributed by atoms with Gasteiger partial charge in [-0.3, -0.25) is 0 Å². The molecule has 0 saturated heterocycles. The predicted octanol–water partition coefficient (Wildman–Crippen LogP) is 1.09. The molecule has 0 aliphatic carbocycles. The van der Waals surface area contributed by atoms with Crippen molar-refractivity contribution in [3.63, 3.8) is 0 Å².